The summed E-state index contributed by atoms with van der Waals surface area (Å²) in [7, 11) is 0. The van der Waals surface area contributed by atoms with Crippen LogP contribution in [0.5, 0.6) is 0 Å². The van der Waals surface area contributed by atoms with Crippen molar-refractivity contribution in [2.24, 2.45) is 5.92 Å². The molecule has 142 valence electrons. The number of aromatic nitrogens is 2. The Morgan fingerprint density at radius 3 is 2.38 bits per heavy atom. The van der Waals surface area contributed by atoms with Gasteiger partial charge in [-0.2, -0.15) is 9.36 Å². The first-order chi connectivity index (χ1) is 12.6. The van der Waals surface area contributed by atoms with Crippen LogP contribution >= 0.6 is 11.5 Å². The molecule has 3 N–H and O–H groups in total. The first-order valence-corrected chi connectivity index (χ1v) is 10.0. The summed E-state index contributed by atoms with van der Waals surface area (Å²) in [5.41, 5.74) is 5.59. The lowest BCUT2D eigenvalue weighted by Gasteiger charge is -2.35. The molecule has 26 heavy (non-hydrogen) atoms. The Balaban J connectivity index is 1.28. The third-order valence-corrected chi connectivity index (χ3v) is 6.28. The van der Waals surface area contributed by atoms with Crippen molar-refractivity contribution in [1.29, 1.82) is 0 Å². The SMILES string of the molecule is Nc1nsc(N2CCN(C(=O)[C@@H]3CN[C@H](C(=O)N4CCCC4)C3)CC2)n1. The molecule has 0 spiro atoms. The zero-order valence-electron chi connectivity index (χ0n) is 14.8. The monoisotopic (exact) mass is 379 g/mol. The van der Waals surface area contributed by atoms with Crippen molar-refractivity contribution < 1.29 is 9.59 Å². The fourth-order valence-corrected chi connectivity index (χ4v) is 4.65. The average molecular weight is 379 g/mol. The summed E-state index contributed by atoms with van der Waals surface area (Å²) in [5, 5.41) is 4.07. The molecule has 3 aliphatic heterocycles. The van der Waals surface area contributed by atoms with Gasteiger partial charge in [0, 0.05) is 57.3 Å². The minimum atomic E-state index is -0.201. The molecular weight excluding hydrogens is 354 g/mol. The van der Waals surface area contributed by atoms with Gasteiger partial charge in [0.2, 0.25) is 22.9 Å². The topological polar surface area (TPSA) is 108 Å². The van der Waals surface area contributed by atoms with Gasteiger partial charge in [-0.1, -0.05) is 0 Å². The fourth-order valence-electron chi connectivity index (χ4n) is 4.00. The second-order valence-electron chi connectivity index (χ2n) is 7.17. The van der Waals surface area contributed by atoms with Crippen LogP contribution in [0.4, 0.5) is 11.1 Å². The lowest BCUT2D eigenvalue weighted by atomic mass is 10.0. The third kappa shape index (κ3) is 3.48. The number of likely N-dealkylation sites (tertiary alicyclic amines) is 1. The Morgan fingerprint density at radius 2 is 1.73 bits per heavy atom. The fraction of sp³-hybridized carbons (Fsp3) is 0.750. The highest BCUT2D eigenvalue weighted by Crippen LogP contribution is 2.23. The van der Waals surface area contributed by atoms with Gasteiger partial charge in [-0.15, -0.1) is 0 Å². The number of anilines is 2. The molecule has 1 aromatic rings. The summed E-state index contributed by atoms with van der Waals surface area (Å²) in [6, 6.07) is -0.201. The van der Waals surface area contributed by atoms with Gasteiger partial charge >= 0.3 is 0 Å². The first-order valence-electron chi connectivity index (χ1n) is 9.27. The minimum Gasteiger partial charge on any atom is -0.367 e. The molecule has 0 saturated carbocycles. The van der Waals surface area contributed by atoms with E-state index in [1.54, 1.807) is 0 Å². The predicted octanol–water partition coefficient (Wildman–Crippen LogP) is -0.631. The third-order valence-electron chi connectivity index (χ3n) is 5.49. The van der Waals surface area contributed by atoms with E-state index in [9.17, 15) is 9.59 Å². The van der Waals surface area contributed by atoms with Crippen molar-refractivity contribution in [3.63, 3.8) is 0 Å². The zero-order chi connectivity index (χ0) is 18.1. The van der Waals surface area contributed by atoms with Crippen LogP contribution in [0, 0.1) is 5.92 Å². The first kappa shape index (κ1) is 17.5. The van der Waals surface area contributed by atoms with Gasteiger partial charge in [-0.25, -0.2) is 0 Å². The van der Waals surface area contributed by atoms with Crippen LogP contribution in [0.25, 0.3) is 0 Å². The van der Waals surface area contributed by atoms with E-state index in [1.165, 1.54) is 11.5 Å². The second kappa shape index (κ2) is 7.36. The molecule has 10 heteroatoms. The summed E-state index contributed by atoms with van der Waals surface area (Å²) in [5.74, 6) is 0.520. The number of hydrogen-bond donors (Lipinski definition) is 2. The number of nitrogen functional groups attached to an aromatic ring is 1. The zero-order valence-corrected chi connectivity index (χ0v) is 15.6. The number of piperazine rings is 1. The minimum absolute atomic E-state index is 0.102. The number of hydrogen-bond acceptors (Lipinski definition) is 8. The molecule has 4 heterocycles. The van der Waals surface area contributed by atoms with E-state index in [2.05, 4.69) is 19.6 Å². The Hall–Kier alpha value is -1.94. The molecule has 3 fully saturated rings. The molecule has 3 aliphatic rings. The van der Waals surface area contributed by atoms with Crippen molar-refractivity contribution in [1.82, 2.24) is 24.5 Å². The molecule has 4 rings (SSSR count). The normalized spacial score (nSPS) is 26.5. The van der Waals surface area contributed by atoms with Crippen molar-refractivity contribution >= 4 is 34.4 Å². The molecule has 0 aromatic carbocycles. The molecule has 3 saturated heterocycles. The molecule has 1 aromatic heterocycles. The van der Waals surface area contributed by atoms with E-state index < -0.39 is 0 Å². The Kier molecular flexibility index (Phi) is 4.94. The molecule has 0 radical (unpaired) electrons. The molecule has 2 amide bonds. The van der Waals surface area contributed by atoms with Crippen molar-refractivity contribution in [3.8, 4) is 0 Å². The Bertz CT molecular complexity index is 667. The van der Waals surface area contributed by atoms with Gasteiger partial charge in [-0.05, 0) is 19.3 Å². The van der Waals surface area contributed by atoms with Crippen LogP contribution < -0.4 is 16.0 Å². The number of carbonyl (C=O) groups excluding carboxylic acids is 2. The van der Waals surface area contributed by atoms with Crippen molar-refractivity contribution in [2.45, 2.75) is 25.3 Å². The highest BCUT2D eigenvalue weighted by molar-refractivity contribution is 7.09. The number of nitrogens with one attached hydrogen (secondary N) is 1. The molecule has 0 unspecified atom stereocenters. The highest BCUT2D eigenvalue weighted by atomic mass is 32.1. The number of nitrogens with zero attached hydrogens (tertiary/aromatic N) is 5. The van der Waals surface area contributed by atoms with Crippen LogP contribution in [-0.4, -0.2) is 82.8 Å². The van der Waals surface area contributed by atoms with Crippen LogP contribution in [-0.2, 0) is 9.59 Å². The molecule has 0 aliphatic carbocycles. The maximum absolute atomic E-state index is 12.8. The smallest absolute Gasteiger partial charge is 0.239 e. The maximum Gasteiger partial charge on any atom is 0.239 e. The van der Waals surface area contributed by atoms with Gasteiger partial charge in [0.15, 0.2) is 0 Å². The molecule has 9 nitrogen and oxygen atoms in total. The van der Waals surface area contributed by atoms with Crippen LogP contribution in [0.1, 0.15) is 19.3 Å². The summed E-state index contributed by atoms with van der Waals surface area (Å²) in [6.45, 7) is 5.10. The summed E-state index contributed by atoms with van der Waals surface area (Å²) >= 11 is 1.29. The van der Waals surface area contributed by atoms with Crippen LogP contribution in [0.15, 0.2) is 0 Å². The number of nitrogens with two attached hydrogens (primary N) is 1. The van der Waals surface area contributed by atoms with Gasteiger partial charge < -0.3 is 25.8 Å². The highest BCUT2D eigenvalue weighted by Gasteiger charge is 2.38. The van der Waals surface area contributed by atoms with Crippen molar-refractivity contribution in [2.75, 3.05) is 56.4 Å². The maximum atomic E-state index is 12.8. The van der Waals surface area contributed by atoms with E-state index in [4.69, 9.17) is 5.73 Å². The van der Waals surface area contributed by atoms with Gasteiger partial charge in [0.25, 0.3) is 0 Å². The predicted molar refractivity (Wildman–Crippen MR) is 98.8 cm³/mol. The van der Waals surface area contributed by atoms with E-state index in [0.717, 1.165) is 44.2 Å². The van der Waals surface area contributed by atoms with Gasteiger partial charge in [0.05, 0.1) is 12.0 Å². The Morgan fingerprint density at radius 1 is 1.04 bits per heavy atom. The number of amides is 2. The van der Waals surface area contributed by atoms with E-state index in [-0.39, 0.29) is 23.8 Å². The summed E-state index contributed by atoms with van der Waals surface area (Å²) in [6.07, 6.45) is 2.79. The average Bonchev–Trinajstić information content (AvgIpc) is 3.42. The molecular formula is C16H25N7O2S. The largest absolute Gasteiger partial charge is 0.367 e. The second-order valence-corrected chi connectivity index (χ2v) is 7.90. The number of carbonyl (C=O) groups is 2. The number of rotatable bonds is 3. The van der Waals surface area contributed by atoms with E-state index >= 15 is 0 Å². The van der Waals surface area contributed by atoms with Gasteiger partial charge in [-0.3, -0.25) is 9.59 Å². The Labute approximate surface area is 156 Å². The quantitative estimate of drug-likeness (QED) is 0.720. The summed E-state index contributed by atoms with van der Waals surface area (Å²) < 4.78 is 4.01. The lowest BCUT2D eigenvalue weighted by molar-refractivity contribution is -0.135. The molecule has 0 bridgehead atoms. The van der Waals surface area contributed by atoms with Crippen LogP contribution in [0.2, 0.25) is 0 Å². The lowest BCUT2D eigenvalue weighted by Crippen LogP contribution is -2.50. The van der Waals surface area contributed by atoms with E-state index in [1.807, 2.05) is 9.80 Å². The molecule has 2 atom stereocenters. The summed E-state index contributed by atoms with van der Waals surface area (Å²) in [4.78, 5) is 35.5. The van der Waals surface area contributed by atoms with E-state index in [0.29, 0.717) is 32.0 Å². The van der Waals surface area contributed by atoms with Crippen molar-refractivity contribution in [3.05, 3.63) is 0 Å². The standard InChI is InChI=1S/C16H25N7O2S/c17-15-19-16(26-20-15)23-7-5-22(6-8-23)13(24)11-9-12(18-10-11)14(25)21-3-1-2-4-21/h11-12,18H,1-10H2,(H2,17,20)/t11-,12-/m0/s1. The van der Waals surface area contributed by atoms with Gasteiger partial charge in [0.1, 0.15) is 0 Å². The van der Waals surface area contributed by atoms with Crippen LogP contribution in [0.3, 0.4) is 0 Å².